The number of methoxy groups -OCH3 is 2. The molecule has 5 heteroatoms. The lowest BCUT2D eigenvalue weighted by Crippen LogP contribution is -2.54. The monoisotopic (exact) mass is 276 g/mol. The predicted octanol–water partition coefficient (Wildman–Crippen LogP) is 0.722. The van der Waals surface area contributed by atoms with Gasteiger partial charge in [-0.1, -0.05) is 6.92 Å². The molecule has 0 heterocycles. The van der Waals surface area contributed by atoms with Gasteiger partial charge in [0.25, 0.3) is 0 Å². The molecule has 1 unspecified atom stereocenters. The summed E-state index contributed by atoms with van der Waals surface area (Å²) >= 11 is 0. The quantitative estimate of drug-likeness (QED) is 0.486. The van der Waals surface area contributed by atoms with Crippen molar-refractivity contribution in [3.05, 3.63) is 0 Å². The van der Waals surface area contributed by atoms with E-state index in [9.17, 15) is 5.11 Å². The van der Waals surface area contributed by atoms with Gasteiger partial charge in [-0.05, 0) is 26.3 Å². The summed E-state index contributed by atoms with van der Waals surface area (Å²) in [5.74, 6) is 0. The van der Waals surface area contributed by atoms with Crippen LogP contribution in [0.25, 0.3) is 0 Å². The first-order valence-electron chi connectivity index (χ1n) is 7.18. The van der Waals surface area contributed by atoms with E-state index in [1.54, 1.807) is 14.2 Å². The Morgan fingerprint density at radius 1 is 1.16 bits per heavy atom. The summed E-state index contributed by atoms with van der Waals surface area (Å²) in [6, 6.07) is 0. The Kier molecular flexibility index (Phi) is 11.5. The smallest absolute Gasteiger partial charge is 0.0623 e. The van der Waals surface area contributed by atoms with E-state index in [1.165, 1.54) is 0 Å². The Morgan fingerprint density at radius 2 is 1.84 bits per heavy atom. The van der Waals surface area contributed by atoms with Gasteiger partial charge in [0, 0.05) is 40.5 Å². The molecule has 2 N–H and O–H groups in total. The van der Waals surface area contributed by atoms with E-state index in [0.29, 0.717) is 6.61 Å². The molecule has 0 amide bonds. The average Bonchev–Trinajstić information content (AvgIpc) is 2.42. The summed E-state index contributed by atoms with van der Waals surface area (Å²) in [5.41, 5.74) is -0.253. The zero-order valence-corrected chi connectivity index (χ0v) is 13.1. The summed E-state index contributed by atoms with van der Waals surface area (Å²) in [7, 11) is 3.44. The largest absolute Gasteiger partial charge is 0.394 e. The lowest BCUT2D eigenvalue weighted by molar-refractivity contribution is 0.0875. The molecule has 0 spiro atoms. The number of rotatable bonds is 13. The molecule has 0 rings (SSSR count). The van der Waals surface area contributed by atoms with Crippen molar-refractivity contribution in [2.24, 2.45) is 0 Å². The van der Waals surface area contributed by atoms with Crippen LogP contribution >= 0.6 is 0 Å². The SMILES string of the molecule is CCCNC(C)(CO)CN(CCCOC)CCOC. The van der Waals surface area contributed by atoms with Gasteiger partial charge in [0.05, 0.1) is 18.8 Å². The van der Waals surface area contributed by atoms with Crippen molar-refractivity contribution >= 4 is 0 Å². The highest BCUT2D eigenvalue weighted by atomic mass is 16.5. The second-order valence-electron chi connectivity index (χ2n) is 5.26. The molecule has 116 valence electrons. The molecule has 5 nitrogen and oxygen atoms in total. The Morgan fingerprint density at radius 3 is 2.37 bits per heavy atom. The van der Waals surface area contributed by atoms with E-state index in [0.717, 1.165) is 45.6 Å². The summed E-state index contributed by atoms with van der Waals surface area (Å²) in [6.07, 6.45) is 2.06. The molecule has 0 aromatic heterocycles. The van der Waals surface area contributed by atoms with Gasteiger partial charge in [0.15, 0.2) is 0 Å². The van der Waals surface area contributed by atoms with E-state index < -0.39 is 0 Å². The number of aliphatic hydroxyl groups is 1. The standard InChI is InChI=1S/C14H32N2O3/c1-5-7-15-14(2,13-17)12-16(9-11-19-4)8-6-10-18-3/h15,17H,5-13H2,1-4H3. The Balaban J connectivity index is 4.29. The fourth-order valence-electron chi connectivity index (χ4n) is 2.00. The first-order chi connectivity index (χ1) is 9.11. The minimum absolute atomic E-state index is 0.140. The molecule has 0 aliphatic heterocycles. The molecule has 0 aromatic carbocycles. The number of ether oxygens (including phenoxy) is 2. The summed E-state index contributed by atoms with van der Waals surface area (Å²) in [5, 5.41) is 13.0. The fraction of sp³-hybridized carbons (Fsp3) is 1.00. The van der Waals surface area contributed by atoms with Gasteiger partial charge in [-0.3, -0.25) is 4.90 Å². The third kappa shape index (κ3) is 9.35. The summed E-state index contributed by atoms with van der Waals surface area (Å²) in [6.45, 7) is 9.39. The van der Waals surface area contributed by atoms with Crippen LogP contribution in [-0.4, -0.2) is 75.8 Å². The van der Waals surface area contributed by atoms with Gasteiger partial charge < -0.3 is 19.9 Å². The molecule has 0 aliphatic carbocycles. The van der Waals surface area contributed by atoms with Crippen LogP contribution in [0, 0.1) is 0 Å². The molecule has 19 heavy (non-hydrogen) atoms. The first kappa shape index (κ1) is 18.8. The lowest BCUT2D eigenvalue weighted by Gasteiger charge is -2.35. The van der Waals surface area contributed by atoms with Gasteiger partial charge in [-0.2, -0.15) is 0 Å². The van der Waals surface area contributed by atoms with Crippen LogP contribution < -0.4 is 5.32 Å². The van der Waals surface area contributed by atoms with Crippen molar-refractivity contribution in [3.63, 3.8) is 0 Å². The number of hydrogen-bond donors (Lipinski definition) is 2. The summed E-state index contributed by atoms with van der Waals surface area (Å²) in [4.78, 5) is 2.32. The van der Waals surface area contributed by atoms with Crippen molar-refractivity contribution < 1.29 is 14.6 Å². The first-order valence-corrected chi connectivity index (χ1v) is 7.18. The minimum Gasteiger partial charge on any atom is -0.394 e. The number of nitrogens with one attached hydrogen (secondary N) is 1. The summed E-state index contributed by atoms with van der Waals surface area (Å²) < 4.78 is 10.2. The molecule has 0 aliphatic rings. The van der Waals surface area contributed by atoms with Gasteiger partial charge in [-0.15, -0.1) is 0 Å². The lowest BCUT2D eigenvalue weighted by atomic mass is 10.0. The Bertz CT molecular complexity index is 205. The molecule has 0 aromatic rings. The highest BCUT2D eigenvalue weighted by Gasteiger charge is 2.25. The van der Waals surface area contributed by atoms with Crippen molar-refractivity contribution in [1.29, 1.82) is 0 Å². The number of hydrogen-bond acceptors (Lipinski definition) is 5. The van der Waals surface area contributed by atoms with Gasteiger partial charge >= 0.3 is 0 Å². The van der Waals surface area contributed by atoms with Crippen molar-refractivity contribution in [3.8, 4) is 0 Å². The maximum absolute atomic E-state index is 9.61. The van der Waals surface area contributed by atoms with Crippen molar-refractivity contribution in [2.45, 2.75) is 32.2 Å². The Labute approximate surface area is 118 Å². The molecule has 1 atom stereocenters. The average molecular weight is 276 g/mol. The Hall–Kier alpha value is -0.200. The van der Waals surface area contributed by atoms with Crippen LogP contribution in [0.5, 0.6) is 0 Å². The maximum atomic E-state index is 9.61. The fourth-order valence-corrected chi connectivity index (χ4v) is 2.00. The zero-order chi connectivity index (χ0) is 14.6. The third-order valence-corrected chi connectivity index (χ3v) is 3.16. The molecule has 0 bridgehead atoms. The van der Waals surface area contributed by atoms with E-state index in [1.807, 2.05) is 0 Å². The highest BCUT2D eigenvalue weighted by molar-refractivity contribution is 4.86. The van der Waals surface area contributed by atoms with Crippen LogP contribution in [-0.2, 0) is 9.47 Å². The van der Waals surface area contributed by atoms with Crippen LogP contribution in [0.2, 0.25) is 0 Å². The van der Waals surface area contributed by atoms with Gasteiger partial charge in [0.1, 0.15) is 0 Å². The van der Waals surface area contributed by atoms with E-state index in [4.69, 9.17) is 9.47 Å². The van der Waals surface area contributed by atoms with Crippen LogP contribution in [0.4, 0.5) is 0 Å². The highest BCUT2D eigenvalue weighted by Crippen LogP contribution is 2.07. The topological polar surface area (TPSA) is 54.0 Å². The van der Waals surface area contributed by atoms with Crippen molar-refractivity contribution in [1.82, 2.24) is 10.2 Å². The zero-order valence-electron chi connectivity index (χ0n) is 13.1. The molecular formula is C14H32N2O3. The third-order valence-electron chi connectivity index (χ3n) is 3.16. The molecular weight excluding hydrogens is 244 g/mol. The normalized spacial score (nSPS) is 14.8. The van der Waals surface area contributed by atoms with Crippen LogP contribution in [0.3, 0.4) is 0 Å². The predicted molar refractivity (Wildman–Crippen MR) is 78.6 cm³/mol. The maximum Gasteiger partial charge on any atom is 0.0623 e. The van der Waals surface area contributed by atoms with Crippen LogP contribution in [0.15, 0.2) is 0 Å². The van der Waals surface area contributed by atoms with Crippen LogP contribution in [0.1, 0.15) is 26.7 Å². The molecule has 0 fully saturated rings. The van der Waals surface area contributed by atoms with E-state index in [-0.39, 0.29) is 12.1 Å². The van der Waals surface area contributed by atoms with Gasteiger partial charge in [-0.25, -0.2) is 0 Å². The minimum atomic E-state index is -0.253. The second-order valence-corrected chi connectivity index (χ2v) is 5.26. The molecule has 0 saturated heterocycles. The van der Waals surface area contributed by atoms with Crippen molar-refractivity contribution in [2.75, 3.05) is 60.2 Å². The van der Waals surface area contributed by atoms with E-state index >= 15 is 0 Å². The molecule has 0 radical (unpaired) electrons. The second kappa shape index (κ2) is 11.6. The van der Waals surface area contributed by atoms with Gasteiger partial charge in [0.2, 0.25) is 0 Å². The number of aliphatic hydroxyl groups excluding tert-OH is 1. The van der Waals surface area contributed by atoms with E-state index in [2.05, 4.69) is 24.1 Å². The number of nitrogens with zero attached hydrogens (tertiary/aromatic N) is 1. The molecule has 0 saturated carbocycles.